The van der Waals surface area contributed by atoms with E-state index in [9.17, 15) is 14.9 Å². The fourth-order valence-corrected chi connectivity index (χ4v) is 5.59. The van der Waals surface area contributed by atoms with E-state index in [2.05, 4.69) is 21.1 Å². The Kier molecular flexibility index (Phi) is 10.4. The van der Waals surface area contributed by atoms with Crippen molar-refractivity contribution in [3.8, 4) is 6.07 Å². The van der Waals surface area contributed by atoms with Crippen LogP contribution in [0.15, 0.2) is 46.8 Å². The normalized spacial score (nSPS) is 19.0. The molecule has 1 fully saturated rings. The summed E-state index contributed by atoms with van der Waals surface area (Å²) in [6, 6.07) is 13.3. The number of nitriles is 1. The number of nitrogens with zero attached hydrogens (tertiary/aromatic N) is 4. The van der Waals surface area contributed by atoms with Gasteiger partial charge in [-0.2, -0.15) is 5.26 Å². The van der Waals surface area contributed by atoms with Gasteiger partial charge in [0.05, 0.1) is 31.3 Å². The molecule has 11 heteroatoms. The van der Waals surface area contributed by atoms with E-state index < -0.39 is 6.04 Å². The lowest BCUT2D eigenvalue weighted by atomic mass is 10.1. The zero-order valence-corrected chi connectivity index (χ0v) is 23.2. The van der Waals surface area contributed by atoms with E-state index in [0.717, 1.165) is 36.2 Å². The Bertz CT molecular complexity index is 1150. The monoisotopic (exact) mass is 554 g/mol. The zero-order valence-electron chi connectivity index (χ0n) is 21.6. The first-order chi connectivity index (χ1) is 18.6. The van der Waals surface area contributed by atoms with E-state index in [0.29, 0.717) is 50.7 Å². The lowest BCUT2D eigenvalue weighted by molar-refractivity contribution is -0.143. The molecule has 2 aromatic rings. The van der Waals surface area contributed by atoms with Gasteiger partial charge in [-0.15, -0.1) is 11.3 Å². The van der Waals surface area contributed by atoms with Crippen molar-refractivity contribution in [2.75, 3.05) is 39.0 Å². The molecule has 0 aliphatic carbocycles. The Hall–Kier alpha value is -3.07. The van der Waals surface area contributed by atoms with Gasteiger partial charge in [0.2, 0.25) is 11.8 Å². The number of aliphatic imine (C=N–C) groups is 1. The molecule has 2 N–H and O–H groups in total. The van der Waals surface area contributed by atoms with Crippen LogP contribution in [0.25, 0.3) is 0 Å². The summed E-state index contributed by atoms with van der Waals surface area (Å²) in [6.07, 6.45) is 4.95. The molecule has 3 heterocycles. The minimum absolute atomic E-state index is 0.0132. The van der Waals surface area contributed by atoms with Gasteiger partial charge in [-0.25, -0.2) is 4.99 Å². The summed E-state index contributed by atoms with van der Waals surface area (Å²) in [4.78, 5) is 35.9. The average Bonchev–Trinajstić information content (AvgIpc) is 3.66. The van der Waals surface area contributed by atoms with Gasteiger partial charge >= 0.3 is 0 Å². The van der Waals surface area contributed by atoms with Crippen molar-refractivity contribution in [3.05, 3.63) is 57.8 Å². The molecule has 1 aromatic heterocycles. The predicted octanol–water partition coefficient (Wildman–Crippen LogP) is 3.30. The minimum Gasteiger partial charge on any atom is -0.455 e. The zero-order chi connectivity index (χ0) is 26.7. The molecule has 2 amide bonds. The van der Waals surface area contributed by atoms with Crippen LogP contribution in [0.4, 0.5) is 0 Å². The average molecular weight is 555 g/mol. The summed E-state index contributed by atoms with van der Waals surface area (Å²) in [5.74, 6) is -0.156. The highest BCUT2D eigenvalue weighted by Gasteiger charge is 2.38. The van der Waals surface area contributed by atoms with Crippen LogP contribution in [0, 0.1) is 11.3 Å². The second kappa shape index (κ2) is 14.2. The molecule has 38 heavy (non-hydrogen) atoms. The molecule has 2 atom stereocenters. The van der Waals surface area contributed by atoms with E-state index in [1.54, 1.807) is 34.3 Å². The van der Waals surface area contributed by atoms with E-state index in [4.69, 9.17) is 4.74 Å². The number of amidine groups is 1. The van der Waals surface area contributed by atoms with Gasteiger partial charge in [-0.1, -0.05) is 36.6 Å². The first-order valence-electron chi connectivity index (χ1n) is 12.9. The number of carbonyl (C=O) groups is 2. The van der Waals surface area contributed by atoms with Crippen molar-refractivity contribution in [2.45, 2.75) is 44.4 Å². The summed E-state index contributed by atoms with van der Waals surface area (Å²) in [5.41, 5.74) is 1.48. The Morgan fingerprint density at radius 1 is 1.24 bits per heavy atom. The first-order valence-corrected chi connectivity index (χ1v) is 15.0. The van der Waals surface area contributed by atoms with Crippen molar-refractivity contribution in [2.24, 2.45) is 4.99 Å². The second-order valence-corrected chi connectivity index (χ2v) is 11.0. The number of ether oxygens (including phenoxy) is 1. The number of unbranched alkanes of at least 4 members (excludes halogenated alkanes) is 2. The Balaban J connectivity index is 1.38. The molecule has 2 aliphatic rings. The van der Waals surface area contributed by atoms with E-state index in [1.165, 1.54) is 0 Å². The molecule has 202 valence electrons. The smallest absolute Gasteiger partial charge is 0.288 e. The maximum Gasteiger partial charge on any atom is 0.288 e. The number of amides is 2. The molecule has 0 saturated carbocycles. The Morgan fingerprint density at radius 3 is 2.92 bits per heavy atom. The number of carbonyl (C=O) groups excluding carboxylic acids is 2. The molecule has 0 spiro atoms. The quantitative estimate of drug-likeness (QED) is 0.324. The first kappa shape index (κ1) is 28.0. The minimum atomic E-state index is -0.623. The third-order valence-corrected chi connectivity index (χ3v) is 8.00. The van der Waals surface area contributed by atoms with E-state index in [-0.39, 0.29) is 17.9 Å². The van der Waals surface area contributed by atoms with Crippen LogP contribution in [0.3, 0.4) is 0 Å². The van der Waals surface area contributed by atoms with Crippen molar-refractivity contribution < 1.29 is 14.3 Å². The predicted molar refractivity (Wildman–Crippen MR) is 151 cm³/mol. The molecule has 2 unspecified atom stereocenters. The summed E-state index contributed by atoms with van der Waals surface area (Å²) < 4.78 is 9.39. The molecule has 0 radical (unpaired) electrons. The number of rotatable bonds is 11. The number of piperazine rings is 1. The topological polar surface area (TPSA) is 110 Å². The van der Waals surface area contributed by atoms with Gasteiger partial charge in [0.15, 0.2) is 0 Å². The van der Waals surface area contributed by atoms with Gasteiger partial charge in [0.1, 0.15) is 12.1 Å². The van der Waals surface area contributed by atoms with Crippen LogP contribution < -0.4 is 10.0 Å². The van der Waals surface area contributed by atoms with Gasteiger partial charge in [0, 0.05) is 30.9 Å². The van der Waals surface area contributed by atoms with Crippen LogP contribution in [0.5, 0.6) is 0 Å². The van der Waals surface area contributed by atoms with Crippen LogP contribution in [-0.4, -0.2) is 72.7 Å². The number of hydrogen-bond acceptors (Lipinski definition) is 9. The van der Waals surface area contributed by atoms with Gasteiger partial charge in [-0.05, 0) is 48.2 Å². The maximum absolute atomic E-state index is 13.3. The SMILES string of the molecule is CSNCCCCCC(=O)N1CCN(C2=NCC(c3cccc(C#N)c3)O2)CC1C(=O)NCc1cccs1. The highest BCUT2D eigenvalue weighted by molar-refractivity contribution is 7.96. The maximum atomic E-state index is 13.3. The Labute approximate surface area is 232 Å². The van der Waals surface area contributed by atoms with E-state index >= 15 is 0 Å². The number of hydrogen-bond donors (Lipinski definition) is 2. The number of benzene rings is 1. The largest absolute Gasteiger partial charge is 0.455 e. The summed E-state index contributed by atoms with van der Waals surface area (Å²) >= 11 is 3.19. The third kappa shape index (κ3) is 7.49. The summed E-state index contributed by atoms with van der Waals surface area (Å²) in [6.45, 7) is 3.11. The lowest BCUT2D eigenvalue weighted by Crippen LogP contribution is -2.61. The summed E-state index contributed by atoms with van der Waals surface area (Å²) in [7, 11) is 0. The second-order valence-electron chi connectivity index (χ2n) is 9.22. The standard InChI is InChI=1S/C27H34N6O3S2/c1-37-31-11-4-2-3-10-25(34)33-13-12-32(19-23(33)26(35)29-17-22-9-6-14-38-22)27-30-18-24(36-27)21-8-5-7-20(15-21)16-28/h5-9,14-15,23-24,31H,2-4,10-13,17-19H2,1H3,(H,29,35). The third-order valence-electron chi connectivity index (χ3n) is 6.63. The molecule has 0 bridgehead atoms. The fourth-order valence-electron chi connectivity index (χ4n) is 4.60. The molecule has 4 rings (SSSR count). The van der Waals surface area contributed by atoms with Gasteiger partial charge in [0.25, 0.3) is 6.02 Å². The molecule has 9 nitrogen and oxygen atoms in total. The highest BCUT2D eigenvalue weighted by atomic mass is 32.2. The van der Waals surface area contributed by atoms with Crippen molar-refractivity contribution in [3.63, 3.8) is 0 Å². The number of nitrogens with one attached hydrogen (secondary N) is 2. The van der Waals surface area contributed by atoms with Crippen LogP contribution in [-0.2, 0) is 20.9 Å². The highest BCUT2D eigenvalue weighted by Crippen LogP contribution is 2.26. The molecule has 1 saturated heterocycles. The molecular formula is C27H34N6O3S2. The van der Waals surface area contributed by atoms with Crippen LogP contribution in [0.1, 0.15) is 47.8 Å². The van der Waals surface area contributed by atoms with Crippen molar-refractivity contribution >= 4 is 41.1 Å². The van der Waals surface area contributed by atoms with Crippen molar-refractivity contribution in [1.82, 2.24) is 19.8 Å². The molecular weight excluding hydrogens is 520 g/mol. The number of thiophene rings is 1. The fraction of sp³-hybridized carbons (Fsp3) is 0.481. The van der Waals surface area contributed by atoms with Crippen molar-refractivity contribution in [1.29, 1.82) is 5.26 Å². The van der Waals surface area contributed by atoms with Crippen LogP contribution in [0.2, 0.25) is 0 Å². The lowest BCUT2D eigenvalue weighted by Gasteiger charge is -2.41. The molecule has 2 aliphatic heterocycles. The van der Waals surface area contributed by atoms with E-state index in [1.807, 2.05) is 46.9 Å². The van der Waals surface area contributed by atoms with Gasteiger partial charge in [-0.3, -0.25) is 14.3 Å². The Morgan fingerprint density at radius 2 is 2.13 bits per heavy atom. The van der Waals surface area contributed by atoms with Gasteiger partial charge < -0.3 is 19.9 Å². The van der Waals surface area contributed by atoms with Crippen LogP contribution >= 0.6 is 23.3 Å². The summed E-state index contributed by atoms with van der Waals surface area (Å²) in [5, 5.41) is 14.2. The molecule has 1 aromatic carbocycles.